The molecule has 0 N–H and O–H groups in total. The molecule has 3 aromatic rings. The summed E-state index contributed by atoms with van der Waals surface area (Å²) in [6.45, 7) is 1.83. The first kappa shape index (κ1) is 14.1. The number of aliphatic imine (C=N–C) groups is 1. The topological polar surface area (TPSA) is 100 Å². The molecule has 0 fully saturated rings. The molecule has 0 aliphatic rings. The molecule has 0 unspecified atom stereocenters. The van der Waals surface area contributed by atoms with Crippen molar-refractivity contribution in [2.75, 3.05) is 7.11 Å². The Morgan fingerprint density at radius 1 is 1.32 bits per heavy atom. The van der Waals surface area contributed by atoms with Gasteiger partial charge in [0.25, 0.3) is 5.69 Å². The molecule has 0 saturated carbocycles. The second-order valence-electron chi connectivity index (χ2n) is 4.22. The molecule has 2 heterocycles. The summed E-state index contributed by atoms with van der Waals surface area (Å²) in [5.41, 5.74) is 0.847. The maximum Gasteiger partial charge on any atom is 0.281 e. The standard InChI is InChI=1S/C13H11N5O3S/c1-8-15-16-13(22-8)14-7-11-12(19)21-17-18(11)9-3-5-10(20-2)6-4-9/h3-7H,1-2H3. The molecule has 3 rings (SSSR count). The van der Waals surface area contributed by atoms with Gasteiger partial charge in [-0.2, -0.15) is 0 Å². The first-order valence-corrected chi connectivity index (χ1v) is 7.06. The average Bonchev–Trinajstić information content (AvgIpc) is 3.11. The Balaban J connectivity index is 1.94. The van der Waals surface area contributed by atoms with Crippen LogP contribution in [-0.2, 0) is 0 Å². The van der Waals surface area contributed by atoms with Gasteiger partial charge in [-0.1, -0.05) is 11.3 Å². The van der Waals surface area contributed by atoms with Gasteiger partial charge >= 0.3 is 0 Å². The van der Waals surface area contributed by atoms with Gasteiger partial charge in [-0.3, -0.25) is 0 Å². The van der Waals surface area contributed by atoms with Crippen molar-refractivity contribution in [2.45, 2.75) is 6.92 Å². The molecule has 0 saturated heterocycles. The summed E-state index contributed by atoms with van der Waals surface area (Å²) in [4.78, 5) is 4.12. The fourth-order valence-corrected chi connectivity index (χ4v) is 2.26. The maximum atomic E-state index is 11.8. The largest absolute Gasteiger partial charge is 0.539 e. The molecule has 2 aromatic heterocycles. The van der Waals surface area contributed by atoms with Crippen molar-refractivity contribution in [3.63, 3.8) is 0 Å². The highest BCUT2D eigenvalue weighted by molar-refractivity contribution is 7.14. The van der Waals surface area contributed by atoms with E-state index in [1.807, 2.05) is 6.92 Å². The molecule has 0 aliphatic carbocycles. The Labute approximate surface area is 129 Å². The first-order chi connectivity index (χ1) is 10.7. The maximum absolute atomic E-state index is 11.8. The highest BCUT2D eigenvalue weighted by Crippen LogP contribution is 2.18. The fourth-order valence-electron chi connectivity index (χ4n) is 1.73. The lowest BCUT2D eigenvalue weighted by Crippen LogP contribution is -2.36. The molecule has 0 bridgehead atoms. The van der Waals surface area contributed by atoms with Crippen molar-refractivity contribution in [2.24, 2.45) is 4.99 Å². The summed E-state index contributed by atoms with van der Waals surface area (Å²) in [5, 5.41) is 24.5. The minimum Gasteiger partial charge on any atom is -0.539 e. The molecule has 8 nitrogen and oxygen atoms in total. The fraction of sp³-hybridized carbons (Fsp3) is 0.154. The molecule has 112 valence electrons. The Hall–Kier alpha value is -2.81. The predicted octanol–water partition coefficient (Wildman–Crippen LogP) is 0.944. The number of ether oxygens (including phenoxy) is 1. The van der Waals surface area contributed by atoms with Crippen LogP contribution in [0.15, 0.2) is 33.8 Å². The molecular weight excluding hydrogens is 306 g/mol. The van der Waals surface area contributed by atoms with E-state index in [1.54, 1.807) is 31.4 Å². The number of methoxy groups -OCH3 is 1. The first-order valence-electron chi connectivity index (χ1n) is 6.25. The summed E-state index contributed by atoms with van der Waals surface area (Å²) in [6, 6.07) is 7.04. The lowest BCUT2D eigenvalue weighted by atomic mass is 10.3. The molecule has 0 amide bonds. The van der Waals surface area contributed by atoms with E-state index in [4.69, 9.17) is 9.26 Å². The van der Waals surface area contributed by atoms with Crippen LogP contribution >= 0.6 is 11.3 Å². The summed E-state index contributed by atoms with van der Waals surface area (Å²) in [5.74, 6) is 0.121. The summed E-state index contributed by atoms with van der Waals surface area (Å²) in [6.07, 6.45) is 1.36. The lowest BCUT2D eigenvalue weighted by molar-refractivity contribution is -0.671. The predicted molar refractivity (Wildman–Crippen MR) is 75.9 cm³/mol. The third-order valence-corrected chi connectivity index (χ3v) is 3.52. The van der Waals surface area contributed by atoms with Gasteiger partial charge in [0.05, 0.1) is 12.4 Å². The van der Waals surface area contributed by atoms with Gasteiger partial charge in [0.1, 0.15) is 17.0 Å². The molecular formula is C13H11N5O3S. The van der Waals surface area contributed by atoms with E-state index in [9.17, 15) is 5.11 Å². The summed E-state index contributed by atoms with van der Waals surface area (Å²) >= 11 is 1.32. The molecule has 22 heavy (non-hydrogen) atoms. The second-order valence-corrected chi connectivity index (χ2v) is 5.38. The van der Waals surface area contributed by atoms with Gasteiger partial charge in [0.2, 0.25) is 10.8 Å². The smallest absolute Gasteiger partial charge is 0.281 e. The van der Waals surface area contributed by atoms with E-state index in [0.717, 1.165) is 5.01 Å². The highest BCUT2D eigenvalue weighted by Gasteiger charge is 2.18. The van der Waals surface area contributed by atoms with E-state index >= 15 is 0 Å². The Morgan fingerprint density at radius 2 is 2.09 bits per heavy atom. The van der Waals surface area contributed by atoms with Crippen molar-refractivity contribution < 1.29 is 19.0 Å². The minimum absolute atomic E-state index is 0.193. The van der Waals surface area contributed by atoms with Crippen LogP contribution in [0.4, 0.5) is 5.13 Å². The Bertz CT molecular complexity index is 809. The number of benzene rings is 1. The van der Waals surface area contributed by atoms with Crippen LogP contribution in [0, 0.1) is 6.92 Å². The zero-order valence-electron chi connectivity index (χ0n) is 11.8. The van der Waals surface area contributed by atoms with E-state index in [1.165, 1.54) is 22.2 Å². The van der Waals surface area contributed by atoms with E-state index < -0.39 is 5.95 Å². The third kappa shape index (κ3) is 2.79. The zero-order chi connectivity index (χ0) is 15.5. The number of aryl methyl sites for hydroxylation is 1. The second kappa shape index (κ2) is 5.90. The van der Waals surface area contributed by atoms with Gasteiger partial charge in [0.15, 0.2) is 5.95 Å². The van der Waals surface area contributed by atoms with Crippen LogP contribution in [0.1, 0.15) is 10.7 Å². The van der Waals surface area contributed by atoms with Crippen molar-refractivity contribution >= 4 is 22.7 Å². The Kier molecular flexibility index (Phi) is 3.79. The minimum atomic E-state index is -0.583. The molecule has 1 aromatic carbocycles. The van der Waals surface area contributed by atoms with Crippen LogP contribution in [-0.4, -0.2) is 28.8 Å². The number of hydrogen-bond donors (Lipinski definition) is 0. The summed E-state index contributed by atoms with van der Waals surface area (Å²) in [7, 11) is 1.58. The van der Waals surface area contributed by atoms with E-state index in [2.05, 4.69) is 20.5 Å². The number of rotatable bonds is 4. The number of nitrogens with zero attached hydrogens (tertiary/aromatic N) is 5. The number of hydrogen-bond acceptors (Lipinski definition) is 8. The van der Waals surface area contributed by atoms with E-state index in [-0.39, 0.29) is 5.69 Å². The van der Waals surface area contributed by atoms with Gasteiger partial charge in [-0.05, 0) is 23.7 Å². The van der Waals surface area contributed by atoms with Gasteiger partial charge in [-0.25, -0.2) is 4.99 Å². The quantitative estimate of drug-likeness (QED) is 0.524. The van der Waals surface area contributed by atoms with Crippen LogP contribution in [0.5, 0.6) is 11.7 Å². The monoisotopic (exact) mass is 317 g/mol. The van der Waals surface area contributed by atoms with Gasteiger partial charge < -0.3 is 14.4 Å². The highest BCUT2D eigenvalue weighted by atomic mass is 32.1. The van der Waals surface area contributed by atoms with Crippen molar-refractivity contribution in [1.29, 1.82) is 0 Å². The van der Waals surface area contributed by atoms with Gasteiger partial charge in [-0.15, -0.1) is 10.2 Å². The van der Waals surface area contributed by atoms with Crippen LogP contribution < -0.4 is 14.5 Å². The van der Waals surface area contributed by atoms with Crippen LogP contribution in [0.3, 0.4) is 0 Å². The molecule has 0 atom stereocenters. The normalized spacial score (nSPS) is 11.2. The molecule has 0 spiro atoms. The lowest BCUT2D eigenvalue weighted by Gasteiger charge is -1.97. The van der Waals surface area contributed by atoms with Gasteiger partial charge in [0, 0.05) is 12.1 Å². The van der Waals surface area contributed by atoms with Crippen LogP contribution in [0.25, 0.3) is 5.69 Å². The van der Waals surface area contributed by atoms with Crippen LogP contribution in [0.2, 0.25) is 0 Å². The van der Waals surface area contributed by atoms with E-state index in [0.29, 0.717) is 16.6 Å². The average molecular weight is 317 g/mol. The Morgan fingerprint density at radius 3 is 2.73 bits per heavy atom. The van der Waals surface area contributed by atoms with Crippen molar-refractivity contribution in [1.82, 2.24) is 15.5 Å². The van der Waals surface area contributed by atoms with Crippen molar-refractivity contribution in [3.8, 4) is 17.4 Å². The number of aromatic nitrogens is 4. The molecule has 9 heteroatoms. The SMILES string of the molecule is COc1ccc(-[n+]2noc([O-])c2C=Nc2nnc(C)s2)cc1. The zero-order valence-corrected chi connectivity index (χ0v) is 12.6. The molecule has 0 radical (unpaired) electrons. The third-order valence-electron chi connectivity index (χ3n) is 2.77. The molecule has 0 aliphatic heterocycles. The summed E-state index contributed by atoms with van der Waals surface area (Å²) < 4.78 is 11.2. The van der Waals surface area contributed by atoms with Crippen molar-refractivity contribution in [3.05, 3.63) is 35.0 Å².